The number of para-hydroxylation sites is 1. The van der Waals surface area contributed by atoms with Gasteiger partial charge in [-0.3, -0.25) is 9.59 Å². The molecule has 168 valence electrons. The van der Waals surface area contributed by atoms with E-state index in [1.54, 1.807) is 22.8 Å². The fourth-order valence-corrected chi connectivity index (χ4v) is 3.93. The van der Waals surface area contributed by atoms with Crippen LogP contribution in [0.25, 0.3) is 16.6 Å². The van der Waals surface area contributed by atoms with Gasteiger partial charge in [-0.05, 0) is 62.2 Å². The highest BCUT2D eigenvalue weighted by Gasteiger charge is 2.18. The average molecular weight is 441 g/mol. The van der Waals surface area contributed by atoms with E-state index < -0.39 is 0 Å². The second-order valence-electron chi connectivity index (χ2n) is 7.90. The molecule has 0 bridgehead atoms. The zero-order valence-electron chi connectivity index (χ0n) is 19.2. The van der Waals surface area contributed by atoms with Crippen LogP contribution in [0.4, 0.5) is 5.95 Å². The molecule has 6 nitrogen and oxygen atoms in total. The minimum atomic E-state index is -0.196. The molecule has 0 aliphatic heterocycles. The van der Waals surface area contributed by atoms with Crippen molar-refractivity contribution in [1.82, 2.24) is 14.9 Å². The molecule has 0 saturated carbocycles. The van der Waals surface area contributed by atoms with Crippen molar-refractivity contribution in [2.75, 3.05) is 18.0 Å². The number of fused-ring (bicyclic) bond motifs is 1. The molecule has 0 aliphatic carbocycles. The summed E-state index contributed by atoms with van der Waals surface area (Å²) < 4.78 is 1.65. The minimum Gasteiger partial charge on any atom is -0.348 e. The highest BCUT2D eigenvalue weighted by Crippen LogP contribution is 2.20. The first kappa shape index (κ1) is 22.3. The van der Waals surface area contributed by atoms with Crippen LogP contribution in [0.3, 0.4) is 0 Å². The Bertz CT molecular complexity index is 1340. The Hall–Kier alpha value is -3.93. The minimum absolute atomic E-state index is 0.153. The molecule has 3 aromatic carbocycles. The third kappa shape index (κ3) is 4.51. The molecule has 6 heteroatoms. The van der Waals surface area contributed by atoms with Crippen molar-refractivity contribution in [3.63, 3.8) is 0 Å². The number of amides is 1. The molecule has 0 atom stereocenters. The molecule has 0 aliphatic rings. The van der Waals surface area contributed by atoms with Gasteiger partial charge in [-0.1, -0.05) is 42.5 Å². The van der Waals surface area contributed by atoms with Gasteiger partial charge >= 0.3 is 0 Å². The fourth-order valence-electron chi connectivity index (χ4n) is 3.93. The van der Waals surface area contributed by atoms with Crippen LogP contribution in [0.15, 0.2) is 77.6 Å². The molecule has 0 fully saturated rings. The number of hydrogen-bond acceptors (Lipinski definition) is 4. The van der Waals surface area contributed by atoms with Crippen molar-refractivity contribution in [3.05, 3.63) is 99.8 Å². The van der Waals surface area contributed by atoms with Crippen molar-refractivity contribution < 1.29 is 4.79 Å². The van der Waals surface area contributed by atoms with Crippen molar-refractivity contribution in [2.24, 2.45) is 0 Å². The van der Waals surface area contributed by atoms with Gasteiger partial charge in [0.2, 0.25) is 5.95 Å². The van der Waals surface area contributed by atoms with Crippen LogP contribution in [0.5, 0.6) is 0 Å². The summed E-state index contributed by atoms with van der Waals surface area (Å²) in [5.74, 6) is 0.375. The summed E-state index contributed by atoms with van der Waals surface area (Å²) in [6, 6.07) is 22.6. The van der Waals surface area contributed by atoms with Crippen LogP contribution >= 0.6 is 0 Å². The first-order valence-electron chi connectivity index (χ1n) is 11.2. The zero-order chi connectivity index (χ0) is 23.4. The summed E-state index contributed by atoms with van der Waals surface area (Å²) in [5.41, 5.74) is 3.80. The van der Waals surface area contributed by atoms with E-state index in [9.17, 15) is 9.59 Å². The first-order valence-corrected chi connectivity index (χ1v) is 11.2. The predicted molar refractivity (Wildman–Crippen MR) is 133 cm³/mol. The van der Waals surface area contributed by atoms with Gasteiger partial charge in [0.25, 0.3) is 11.5 Å². The highest BCUT2D eigenvalue weighted by atomic mass is 16.1. The summed E-state index contributed by atoms with van der Waals surface area (Å²) in [4.78, 5) is 33.2. The second kappa shape index (κ2) is 9.69. The van der Waals surface area contributed by atoms with E-state index in [4.69, 9.17) is 4.98 Å². The number of aryl methyl sites for hydroxylation is 1. The Morgan fingerprint density at radius 2 is 1.67 bits per heavy atom. The maximum atomic E-state index is 13.5. The van der Waals surface area contributed by atoms with Gasteiger partial charge in [0.1, 0.15) is 0 Å². The monoisotopic (exact) mass is 440 g/mol. The number of nitrogens with one attached hydrogen (secondary N) is 1. The number of hydrogen-bond donors (Lipinski definition) is 1. The van der Waals surface area contributed by atoms with E-state index >= 15 is 0 Å². The lowest BCUT2D eigenvalue weighted by Gasteiger charge is -2.24. The van der Waals surface area contributed by atoms with E-state index in [0.29, 0.717) is 42.0 Å². The van der Waals surface area contributed by atoms with Crippen molar-refractivity contribution in [3.8, 4) is 5.69 Å². The highest BCUT2D eigenvalue weighted by molar-refractivity contribution is 5.97. The Balaban J connectivity index is 1.75. The van der Waals surface area contributed by atoms with Crippen molar-refractivity contribution >= 4 is 22.8 Å². The molecule has 0 saturated heterocycles. The smallest absolute Gasteiger partial charge is 0.267 e. The largest absolute Gasteiger partial charge is 0.348 e. The molecule has 4 rings (SSSR count). The maximum Gasteiger partial charge on any atom is 0.267 e. The molecular formula is C27H28N4O2. The zero-order valence-corrected chi connectivity index (χ0v) is 19.2. The van der Waals surface area contributed by atoms with Crippen molar-refractivity contribution in [1.29, 1.82) is 0 Å². The Labute approximate surface area is 193 Å². The average Bonchev–Trinajstić information content (AvgIpc) is 2.84. The molecule has 4 aromatic rings. The number of rotatable bonds is 7. The van der Waals surface area contributed by atoms with Gasteiger partial charge in [-0.25, -0.2) is 9.55 Å². The van der Waals surface area contributed by atoms with Gasteiger partial charge in [0.15, 0.2) is 0 Å². The molecule has 33 heavy (non-hydrogen) atoms. The SMILES string of the molecule is CCN(CC)c1nc2cc(C(=O)NCc3ccccc3C)ccc2c(=O)n1-c1ccccc1. The van der Waals surface area contributed by atoms with E-state index in [1.165, 1.54) is 0 Å². The van der Waals surface area contributed by atoms with Gasteiger partial charge in [-0.2, -0.15) is 0 Å². The lowest BCUT2D eigenvalue weighted by molar-refractivity contribution is 0.0951. The third-order valence-electron chi connectivity index (χ3n) is 5.88. The topological polar surface area (TPSA) is 67.2 Å². The second-order valence-corrected chi connectivity index (χ2v) is 7.90. The predicted octanol–water partition coefficient (Wildman–Crippen LogP) is 4.47. The summed E-state index contributed by atoms with van der Waals surface area (Å²) in [7, 11) is 0. The third-order valence-corrected chi connectivity index (χ3v) is 5.88. The Morgan fingerprint density at radius 3 is 2.36 bits per heavy atom. The number of aromatic nitrogens is 2. The Morgan fingerprint density at radius 1 is 0.970 bits per heavy atom. The molecule has 1 heterocycles. The van der Waals surface area contributed by atoms with Crippen LogP contribution in [-0.2, 0) is 6.54 Å². The number of carbonyl (C=O) groups excluding carboxylic acids is 1. The molecule has 1 amide bonds. The quantitative estimate of drug-likeness (QED) is 0.460. The summed E-state index contributed by atoms with van der Waals surface area (Å²) in [5, 5.41) is 3.45. The number of carbonyl (C=O) groups is 1. The summed E-state index contributed by atoms with van der Waals surface area (Å²) >= 11 is 0. The van der Waals surface area contributed by atoms with Crippen molar-refractivity contribution in [2.45, 2.75) is 27.3 Å². The van der Waals surface area contributed by atoms with E-state index in [2.05, 4.69) is 5.32 Å². The normalized spacial score (nSPS) is 10.9. The lowest BCUT2D eigenvalue weighted by Crippen LogP contribution is -2.32. The van der Waals surface area contributed by atoms with E-state index in [1.807, 2.05) is 80.3 Å². The van der Waals surface area contributed by atoms with Gasteiger partial charge in [0, 0.05) is 25.2 Å². The lowest BCUT2D eigenvalue weighted by atomic mass is 10.1. The molecule has 1 aromatic heterocycles. The first-order chi connectivity index (χ1) is 16.0. The molecule has 0 spiro atoms. The van der Waals surface area contributed by atoms with Gasteiger partial charge < -0.3 is 10.2 Å². The van der Waals surface area contributed by atoms with Gasteiger partial charge in [0.05, 0.1) is 16.6 Å². The molecule has 0 unspecified atom stereocenters. The standard InChI is InChI=1S/C27H28N4O2/c1-4-30(5-2)27-29-24-17-20(25(32)28-18-21-12-10-9-11-19(21)3)15-16-23(24)26(33)31(27)22-13-7-6-8-14-22/h6-17H,4-5,18H2,1-3H3,(H,28,32). The fraction of sp³-hybridized carbons (Fsp3) is 0.222. The summed E-state index contributed by atoms with van der Waals surface area (Å²) in [6.07, 6.45) is 0. The molecule has 0 radical (unpaired) electrons. The Kier molecular flexibility index (Phi) is 6.54. The van der Waals surface area contributed by atoms with Crippen LogP contribution < -0.4 is 15.8 Å². The molecular weight excluding hydrogens is 412 g/mol. The number of nitrogens with zero attached hydrogens (tertiary/aromatic N) is 3. The van der Waals surface area contributed by atoms with Crippen LogP contribution in [0.1, 0.15) is 35.3 Å². The van der Waals surface area contributed by atoms with Crippen LogP contribution in [0, 0.1) is 6.92 Å². The van der Waals surface area contributed by atoms with E-state index in [-0.39, 0.29) is 11.5 Å². The number of benzene rings is 3. The number of anilines is 1. The summed E-state index contributed by atoms with van der Waals surface area (Å²) in [6.45, 7) is 7.94. The molecule has 1 N–H and O–H groups in total. The van der Waals surface area contributed by atoms with Crippen LogP contribution in [0.2, 0.25) is 0 Å². The maximum absolute atomic E-state index is 13.5. The van der Waals surface area contributed by atoms with Gasteiger partial charge in [-0.15, -0.1) is 0 Å². The van der Waals surface area contributed by atoms with E-state index in [0.717, 1.165) is 16.8 Å². The van der Waals surface area contributed by atoms with Crippen LogP contribution in [-0.4, -0.2) is 28.5 Å².